The first-order valence-electron chi connectivity index (χ1n) is 6.22. The monoisotopic (exact) mass is 320 g/mol. The number of carboxylic acids is 1. The molecule has 112 valence electrons. The molecule has 0 bridgehead atoms. The molecule has 2 N–H and O–H groups in total. The lowest BCUT2D eigenvalue weighted by atomic mass is 9.85. The number of rotatable bonds is 6. The van der Waals surface area contributed by atoms with Crippen LogP contribution in [0.2, 0.25) is 10.0 Å². The van der Waals surface area contributed by atoms with Gasteiger partial charge in [0.2, 0.25) is 0 Å². The van der Waals surface area contributed by atoms with E-state index in [-0.39, 0.29) is 6.42 Å². The van der Waals surface area contributed by atoms with Crippen molar-refractivity contribution in [2.45, 2.75) is 33.3 Å². The van der Waals surface area contributed by atoms with E-state index in [4.69, 9.17) is 33.0 Å². The molecule has 1 aromatic rings. The largest absolute Gasteiger partial charge is 0.492 e. The Bertz CT molecular complexity index is 500. The van der Waals surface area contributed by atoms with E-state index >= 15 is 0 Å². The molecule has 0 amide bonds. The lowest BCUT2D eigenvalue weighted by Crippen LogP contribution is -2.26. The molecule has 0 aliphatic rings. The molecule has 6 heteroatoms. The van der Waals surface area contributed by atoms with Crippen LogP contribution >= 0.6 is 23.2 Å². The number of benzene rings is 1. The summed E-state index contributed by atoms with van der Waals surface area (Å²) >= 11 is 12.1. The van der Waals surface area contributed by atoms with Crippen LogP contribution in [0.3, 0.4) is 0 Å². The van der Waals surface area contributed by atoms with Crippen molar-refractivity contribution in [3.63, 3.8) is 0 Å². The highest BCUT2D eigenvalue weighted by molar-refractivity contribution is 6.34. The van der Waals surface area contributed by atoms with Gasteiger partial charge < -0.3 is 14.9 Å². The van der Waals surface area contributed by atoms with Gasteiger partial charge in [0.05, 0.1) is 28.2 Å². The first-order chi connectivity index (χ1) is 9.19. The van der Waals surface area contributed by atoms with Crippen LogP contribution in [0.15, 0.2) is 12.1 Å². The fraction of sp³-hybridized carbons (Fsp3) is 0.500. The Morgan fingerprint density at radius 1 is 1.35 bits per heavy atom. The summed E-state index contributed by atoms with van der Waals surface area (Å²) < 4.78 is 5.30. The van der Waals surface area contributed by atoms with Gasteiger partial charge in [0.25, 0.3) is 0 Å². The Hall–Kier alpha value is -0.970. The number of halogens is 2. The van der Waals surface area contributed by atoms with Gasteiger partial charge in [-0.2, -0.15) is 0 Å². The molecular weight excluding hydrogens is 303 g/mol. The van der Waals surface area contributed by atoms with Crippen molar-refractivity contribution < 1.29 is 19.7 Å². The van der Waals surface area contributed by atoms with E-state index in [9.17, 15) is 9.90 Å². The molecule has 0 aliphatic carbocycles. The number of aliphatic hydroxyl groups is 1. The lowest BCUT2D eigenvalue weighted by molar-refractivity contribution is -0.148. The summed E-state index contributed by atoms with van der Waals surface area (Å²) in [6.45, 7) is 5.36. The molecule has 1 aromatic carbocycles. The summed E-state index contributed by atoms with van der Waals surface area (Å²) in [4.78, 5) is 11.1. The van der Waals surface area contributed by atoms with Crippen molar-refractivity contribution in [3.05, 3.63) is 27.7 Å². The number of carboxylic acid groups (broad SMARTS) is 1. The number of hydrogen-bond acceptors (Lipinski definition) is 3. The van der Waals surface area contributed by atoms with Crippen molar-refractivity contribution in [1.29, 1.82) is 0 Å². The van der Waals surface area contributed by atoms with E-state index in [2.05, 4.69) is 0 Å². The Labute approximate surface area is 128 Å². The van der Waals surface area contributed by atoms with Gasteiger partial charge >= 0.3 is 5.97 Å². The second-order valence-corrected chi connectivity index (χ2v) is 5.96. The van der Waals surface area contributed by atoms with Crippen molar-refractivity contribution in [2.75, 3.05) is 6.61 Å². The Morgan fingerprint density at radius 2 is 1.95 bits per heavy atom. The third-order valence-electron chi connectivity index (χ3n) is 2.99. The normalized spacial score (nSPS) is 13.1. The minimum Gasteiger partial charge on any atom is -0.492 e. The summed E-state index contributed by atoms with van der Waals surface area (Å²) in [5.74, 6) is -0.544. The molecule has 1 atom stereocenters. The van der Waals surface area contributed by atoms with Crippen LogP contribution in [0.5, 0.6) is 5.75 Å². The Balaban J connectivity index is 3.02. The highest BCUT2D eigenvalue weighted by Crippen LogP contribution is 2.38. The van der Waals surface area contributed by atoms with Gasteiger partial charge in [0, 0.05) is 11.6 Å². The second-order valence-electron chi connectivity index (χ2n) is 5.15. The lowest BCUT2D eigenvalue weighted by Gasteiger charge is -2.23. The van der Waals surface area contributed by atoms with Crippen LogP contribution in [-0.2, 0) is 4.79 Å². The van der Waals surface area contributed by atoms with Crippen molar-refractivity contribution in [2.24, 2.45) is 5.41 Å². The molecule has 0 saturated carbocycles. The number of carbonyl (C=O) groups is 1. The fourth-order valence-corrected chi connectivity index (χ4v) is 2.25. The van der Waals surface area contributed by atoms with Gasteiger partial charge in [-0.1, -0.05) is 23.2 Å². The third kappa shape index (κ3) is 4.01. The molecule has 0 saturated heterocycles. The molecule has 1 unspecified atom stereocenters. The number of aliphatic carboxylic acids is 1. The fourth-order valence-electron chi connectivity index (χ4n) is 1.75. The quantitative estimate of drug-likeness (QED) is 0.833. The van der Waals surface area contributed by atoms with Crippen LogP contribution in [0.25, 0.3) is 0 Å². The molecule has 0 aromatic heterocycles. The van der Waals surface area contributed by atoms with Crippen LogP contribution in [-0.4, -0.2) is 22.8 Å². The smallest absolute Gasteiger partial charge is 0.309 e. The van der Waals surface area contributed by atoms with Gasteiger partial charge in [-0.25, -0.2) is 0 Å². The summed E-state index contributed by atoms with van der Waals surface area (Å²) in [5, 5.41) is 19.9. The summed E-state index contributed by atoms with van der Waals surface area (Å²) in [6.07, 6.45) is -0.978. The molecule has 4 nitrogen and oxygen atoms in total. The summed E-state index contributed by atoms with van der Waals surface area (Å²) in [6, 6.07) is 3.04. The second kappa shape index (κ2) is 6.66. The molecule has 0 spiro atoms. The Kier molecular flexibility index (Phi) is 5.68. The average Bonchev–Trinajstić information content (AvgIpc) is 2.32. The van der Waals surface area contributed by atoms with Crippen LogP contribution in [0.4, 0.5) is 0 Å². The van der Waals surface area contributed by atoms with E-state index in [1.165, 1.54) is 12.1 Å². The average molecular weight is 321 g/mol. The van der Waals surface area contributed by atoms with Gasteiger partial charge in [0.15, 0.2) is 0 Å². The van der Waals surface area contributed by atoms with E-state index in [1.807, 2.05) is 6.92 Å². The Morgan fingerprint density at radius 3 is 2.45 bits per heavy atom. The zero-order chi connectivity index (χ0) is 15.5. The molecule has 0 heterocycles. The first-order valence-corrected chi connectivity index (χ1v) is 6.97. The topological polar surface area (TPSA) is 66.8 Å². The molecule has 0 aliphatic heterocycles. The van der Waals surface area contributed by atoms with Gasteiger partial charge in [-0.15, -0.1) is 0 Å². The van der Waals surface area contributed by atoms with Crippen LogP contribution in [0, 0.1) is 5.41 Å². The molecule has 0 radical (unpaired) electrons. The zero-order valence-electron chi connectivity index (χ0n) is 11.6. The molecule has 0 fully saturated rings. The summed E-state index contributed by atoms with van der Waals surface area (Å²) in [5.41, 5.74) is -0.664. The van der Waals surface area contributed by atoms with E-state index in [1.54, 1.807) is 13.8 Å². The van der Waals surface area contributed by atoms with Crippen LogP contribution in [0.1, 0.15) is 38.9 Å². The molecule has 1 rings (SSSR count). The minimum atomic E-state index is -1.06. The minimum absolute atomic E-state index is 0.0341. The SMILES string of the molecule is CCOc1cc(Cl)c(C(O)CC(C)(C)C(=O)O)cc1Cl. The maximum Gasteiger partial charge on any atom is 0.309 e. The van der Waals surface area contributed by atoms with E-state index in [0.29, 0.717) is 28.0 Å². The van der Waals surface area contributed by atoms with Crippen LogP contribution < -0.4 is 4.74 Å². The molecular formula is C14H18Cl2O4. The highest BCUT2D eigenvalue weighted by atomic mass is 35.5. The van der Waals surface area contributed by atoms with Crippen molar-refractivity contribution in [1.82, 2.24) is 0 Å². The van der Waals surface area contributed by atoms with Gasteiger partial charge in [-0.3, -0.25) is 4.79 Å². The predicted molar refractivity (Wildman–Crippen MR) is 78.6 cm³/mol. The predicted octanol–water partition coefficient (Wildman–Crippen LogP) is 3.93. The maximum atomic E-state index is 11.1. The number of hydrogen-bond donors (Lipinski definition) is 2. The van der Waals surface area contributed by atoms with Crippen molar-refractivity contribution in [3.8, 4) is 5.75 Å². The highest BCUT2D eigenvalue weighted by Gasteiger charge is 2.31. The maximum absolute atomic E-state index is 11.1. The van der Waals surface area contributed by atoms with E-state index < -0.39 is 17.5 Å². The summed E-state index contributed by atoms with van der Waals surface area (Å²) in [7, 11) is 0. The number of ether oxygens (including phenoxy) is 1. The first kappa shape index (κ1) is 17.1. The van der Waals surface area contributed by atoms with E-state index in [0.717, 1.165) is 0 Å². The van der Waals surface area contributed by atoms with Crippen molar-refractivity contribution >= 4 is 29.2 Å². The van der Waals surface area contributed by atoms with Gasteiger partial charge in [-0.05, 0) is 33.3 Å². The zero-order valence-corrected chi connectivity index (χ0v) is 13.1. The number of aliphatic hydroxyl groups excluding tert-OH is 1. The third-order valence-corrected chi connectivity index (χ3v) is 3.62. The standard InChI is InChI=1S/C14H18Cl2O4/c1-4-20-12-6-9(15)8(5-10(12)16)11(17)7-14(2,3)13(18)19/h5-6,11,17H,4,7H2,1-3H3,(H,18,19). The van der Waals surface area contributed by atoms with Gasteiger partial charge in [0.1, 0.15) is 5.75 Å². The molecule has 20 heavy (non-hydrogen) atoms.